The number of ether oxygens (including phenoxy) is 1. The fourth-order valence-corrected chi connectivity index (χ4v) is 3.74. The summed E-state index contributed by atoms with van der Waals surface area (Å²) in [5, 5.41) is 14.5. The van der Waals surface area contributed by atoms with Crippen LogP contribution in [0.3, 0.4) is 0 Å². The normalized spacial score (nSPS) is 13.3. The molecule has 11 heteroatoms. The molecule has 0 atom stereocenters. The predicted octanol–water partition coefficient (Wildman–Crippen LogP) is 4.21. The maximum absolute atomic E-state index is 12.7. The predicted molar refractivity (Wildman–Crippen MR) is 124 cm³/mol. The molecule has 34 heavy (non-hydrogen) atoms. The number of aliphatic imine (C=N–C) groups is 1. The van der Waals surface area contributed by atoms with Crippen LogP contribution in [-0.4, -0.2) is 33.9 Å². The first-order valence-electron chi connectivity index (χ1n) is 10.5. The van der Waals surface area contributed by atoms with Gasteiger partial charge in [-0.3, -0.25) is 5.32 Å². The summed E-state index contributed by atoms with van der Waals surface area (Å²) in [5.74, 6) is 1.53. The molecule has 2 N–H and O–H groups in total. The molecule has 0 bridgehead atoms. The Kier molecular flexibility index (Phi) is 6.77. The SMILES string of the molecule is CC(=Nc1cccc(Nc2ncnc(N3CCc4c(cccc4OC(F)F)C3)n2)c1C)NC#N. The fraction of sp³-hybridized carbons (Fsp3) is 0.261. The summed E-state index contributed by atoms with van der Waals surface area (Å²) in [6, 6.07) is 10.7. The number of rotatable bonds is 6. The average molecular weight is 464 g/mol. The van der Waals surface area contributed by atoms with E-state index >= 15 is 0 Å². The van der Waals surface area contributed by atoms with E-state index in [0.717, 1.165) is 22.4 Å². The second-order valence-corrected chi connectivity index (χ2v) is 7.56. The molecule has 0 fully saturated rings. The van der Waals surface area contributed by atoms with Gasteiger partial charge in [0.05, 0.1) is 5.69 Å². The molecule has 4 rings (SSSR count). The number of benzene rings is 2. The number of nitrogens with zero attached hydrogens (tertiary/aromatic N) is 6. The van der Waals surface area contributed by atoms with Crippen molar-refractivity contribution in [2.45, 2.75) is 33.4 Å². The van der Waals surface area contributed by atoms with E-state index in [1.807, 2.05) is 42.3 Å². The van der Waals surface area contributed by atoms with Crippen molar-refractivity contribution in [3.8, 4) is 11.9 Å². The first-order valence-corrected chi connectivity index (χ1v) is 10.5. The van der Waals surface area contributed by atoms with Gasteiger partial charge in [0.15, 0.2) is 6.19 Å². The van der Waals surface area contributed by atoms with Gasteiger partial charge < -0.3 is 15.0 Å². The molecule has 174 valence electrons. The monoisotopic (exact) mass is 464 g/mol. The van der Waals surface area contributed by atoms with Crippen molar-refractivity contribution < 1.29 is 13.5 Å². The molecule has 1 aromatic heterocycles. The van der Waals surface area contributed by atoms with Crippen LogP contribution in [0.1, 0.15) is 23.6 Å². The van der Waals surface area contributed by atoms with Gasteiger partial charge in [0.25, 0.3) is 0 Å². The molecule has 1 aliphatic heterocycles. The molecule has 0 aliphatic carbocycles. The summed E-state index contributed by atoms with van der Waals surface area (Å²) in [4.78, 5) is 19.5. The number of alkyl halides is 2. The average Bonchev–Trinajstić information content (AvgIpc) is 2.81. The molecule has 0 saturated heterocycles. The standard InChI is InChI=1S/C23H22F2N8O/c1-14-18(30-15(2)27-12-26)6-4-7-19(14)31-22-28-13-29-23(32-22)33-10-9-17-16(11-33)5-3-8-20(17)34-21(24)25/h3-8,13,21H,9-11H2,1-2H3,(H,27,30)(H,28,29,31,32). The highest BCUT2D eigenvalue weighted by atomic mass is 19.3. The third-order valence-corrected chi connectivity index (χ3v) is 5.36. The minimum absolute atomic E-state index is 0.211. The number of aromatic nitrogens is 3. The zero-order chi connectivity index (χ0) is 24.1. The van der Waals surface area contributed by atoms with Crippen molar-refractivity contribution in [1.82, 2.24) is 20.3 Å². The van der Waals surface area contributed by atoms with Crippen molar-refractivity contribution in [3.05, 3.63) is 59.4 Å². The number of fused-ring (bicyclic) bond motifs is 1. The Labute approximate surface area is 195 Å². The summed E-state index contributed by atoms with van der Waals surface area (Å²) < 4.78 is 30.1. The quantitative estimate of drug-likeness (QED) is 0.242. The van der Waals surface area contributed by atoms with E-state index < -0.39 is 6.61 Å². The molecule has 0 saturated carbocycles. The number of nitrogens with one attached hydrogen (secondary N) is 2. The van der Waals surface area contributed by atoms with Crippen LogP contribution >= 0.6 is 0 Å². The lowest BCUT2D eigenvalue weighted by Crippen LogP contribution is -2.32. The van der Waals surface area contributed by atoms with Crippen molar-refractivity contribution >= 4 is 29.1 Å². The Morgan fingerprint density at radius 1 is 1.24 bits per heavy atom. The lowest BCUT2D eigenvalue weighted by Gasteiger charge is -2.29. The van der Waals surface area contributed by atoms with E-state index in [4.69, 9.17) is 5.26 Å². The summed E-state index contributed by atoms with van der Waals surface area (Å²) in [6.45, 7) is 1.77. The van der Waals surface area contributed by atoms with Crippen LogP contribution in [0, 0.1) is 18.4 Å². The summed E-state index contributed by atoms with van der Waals surface area (Å²) in [7, 11) is 0. The van der Waals surface area contributed by atoms with Crippen LogP contribution in [0.2, 0.25) is 0 Å². The topological polar surface area (TPSA) is 111 Å². The lowest BCUT2D eigenvalue weighted by molar-refractivity contribution is -0.0505. The number of hydrogen-bond acceptors (Lipinski definition) is 8. The highest BCUT2D eigenvalue weighted by Gasteiger charge is 2.23. The van der Waals surface area contributed by atoms with E-state index in [1.165, 1.54) is 6.33 Å². The van der Waals surface area contributed by atoms with Crippen LogP contribution in [0.5, 0.6) is 5.75 Å². The number of amidine groups is 1. The van der Waals surface area contributed by atoms with Gasteiger partial charge in [0.1, 0.15) is 17.9 Å². The zero-order valence-electron chi connectivity index (χ0n) is 18.6. The smallest absolute Gasteiger partial charge is 0.387 e. The third kappa shape index (κ3) is 5.17. The van der Waals surface area contributed by atoms with E-state index in [0.29, 0.717) is 42.9 Å². The Morgan fingerprint density at radius 2 is 2.06 bits per heavy atom. The molecule has 0 spiro atoms. The molecule has 2 aromatic carbocycles. The largest absolute Gasteiger partial charge is 0.435 e. The number of hydrogen-bond donors (Lipinski definition) is 2. The molecule has 0 amide bonds. The molecule has 1 aliphatic rings. The minimum atomic E-state index is -2.86. The zero-order valence-corrected chi connectivity index (χ0v) is 18.6. The molecule has 3 aromatic rings. The van der Waals surface area contributed by atoms with Crippen LogP contribution < -0.4 is 20.3 Å². The number of halogens is 2. The van der Waals surface area contributed by atoms with Crippen LogP contribution in [0.25, 0.3) is 0 Å². The molecule has 2 heterocycles. The Balaban J connectivity index is 1.53. The summed E-state index contributed by atoms with van der Waals surface area (Å²) in [5.41, 5.74) is 4.00. The highest BCUT2D eigenvalue weighted by molar-refractivity contribution is 5.84. The maximum atomic E-state index is 12.7. The van der Waals surface area contributed by atoms with Gasteiger partial charge in [-0.1, -0.05) is 18.2 Å². The van der Waals surface area contributed by atoms with Crippen molar-refractivity contribution in [2.24, 2.45) is 4.99 Å². The molecular formula is C23H22F2N8O. The maximum Gasteiger partial charge on any atom is 0.387 e. The summed E-state index contributed by atoms with van der Waals surface area (Å²) in [6.07, 6.45) is 3.80. The number of anilines is 3. The number of nitriles is 1. The van der Waals surface area contributed by atoms with E-state index in [9.17, 15) is 8.78 Å². The molecule has 0 unspecified atom stereocenters. The lowest BCUT2D eigenvalue weighted by atomic mass is 9.99. The second kappa shape index (κ2) is 10.1. The highest BCUT2D eigenvalue weighted by Crippen LogP contribution is 2.31. The van der Waals surface area contributed by atoms with E-state index in [1.54, 1.807) is 19.1 Å². The van der Waals surface area contributed by atoms with Gasteiger partial charge in [0.2, 0.25) is 11.9 Å². The molecule has 9 nitrogen and oxygen atoms in total. The Morgan fingerprint density at radius 3 is 2.85 bits per heavy atom. The van der Waals surface area contributed by atoms with Gasteiger partial charge in [-0.15, -0.1) is 0 Å². The van der Waals surface area contributed by atoms with E-state index in [-0.39, 0.29) is 5.75 Å². The first-order chi connectivity index (χ1) is 16.4. The van der Waals surface area contributed by atoms with Gasteiger partial charge in [-0.05, 0) is 49.6 Å². The van der Waals surface area contributed by atoms with Gasteiger partial charge >= 0.3 is 6.61 Å². The first kappa shape index (κ1) is 22.8. The summed E-state index contributed by atoms with van der Waals surface area (Å²) >= 11 is 0. The molecular weight excluding hydrogens is 442 g/mol. The van der Waals surface area contributed by atoms with Crippen molar-refractivity contribution in [1.29, 1.82) is 5.26 Å². The second-order valence-electron chi connectivity index (χ2n) is 7.56. The van der Waals surface area contributed by atoms with Gasteiger partial charge in [-0.2, -0.15) is 19.0 Å². The third-order valence-electron chi connectivity index (χ3n) is 5.36. The van der Waals surface area contributed by atoms with Gasteiger partial charge in [-0.25, -0.2) is 15.0 Å². The fourth-order valence-electron chi connectivity index (χ4n) is 3.74. The van der Waals surface area contributed by atoms with Crippen LogP contribution in [0.15, 0.2) is 47.7 Å². The minimum Gasteiger partial charge on any atom is -0.435 e. The van der Waals surface area contributed by atoms with Crippen LogP contribution in [-0.2, 0) is 13.0 Å². The van der Waals surface area contributed by atoms with Crippen molar-refractivity contribution in [2.75, 3.05) is 16.8 Å². The Bertz CT molecular complexity index is 1260. The van der Waals surface area contributed by atoms with Gasteiger partial charge in [0, 0.05) is 24.3 Å². The van der Waals surface area contributed by atoms with Crippen LogP contribution in [0.4, 0.5) is 32.1 Å². The van der Waals surface area contributed by atoms with Crippen molar-refractivity contribution in [3.63, 3.8) is 0 Å². The van der Waals surface area contributed by atoms with E-state index in [2.05, 4.69) is 35.3 Å². The molecule has 0 radical (unpaired) electrons. The Hall–Kier alpha value is -4.33.